The predicted molar refractivity (Wildman–Crippen MR) is 79.3 cm³/mol. The Balaban J connectivity index is 2.02. The maximum absolute atomic E-state index is 6.26. The van der Waals surface area contributed by atoms with E-state index >= 15 is 0 Å². The number of rotatable bonds is 1. The molecule has 1 aliphatic heterocycles. The van der Waals surface area contributed by atoms with Gasteiger partial charge in [0.25, 0.3) is 0 Å². The highest BCUT2D eigenvalue weighted by molar-refractivity contribution is 6.36. The van der Waals surface area contributed by atoms with Crippen molar-refractivity contribution in [1.29, 1.82) is 0 Å². The van der Waals surface area contributed by atoms with Gasteiger partial charge in [-0.15, -0.1) is 0 Å². The second-order valence-corrected chi connectivity index (χ2v) is 5.50. The van der Waals surface area contributed by atoms with Gasteiger partial charge in [0, 0.05) is 26.2 Å². The minimum absolute atomic E-state index is 0.421. The van der Waals surface area contributed by atoms with Gasteiger partial charge in [0.15, 0.2) is 11.0 Å². The third-order valence-electron chi connectivity index (χ3n) is 3.39. The SMILES string of the molecule is CN1CCN(c2nc3cccc(Cl)c3nc2Cl)CC1. The van der Waals surface area contributed by atoms with Crippen LogP contribution in [0.2, 0.25) is 10.2 Å². The largest absolute Gasteiger partial charge is 0.351 e. The fourth-order valence-electron chi connectivity index (χ4n) is 2.23. The van der Waals surface area contributed by atoms with E-state index in [4.69, 9.17) is 23.2 Å². The molecule has 6 heteroatoms. The number of hydrogen-bond acceptors (Lipinski definition) is 4. The topological polar surface area (TPSA) is 32.3 Å². The van der Waals surface area contributed by atoms with E-state index in [1.54, 1.807) is 6.07 Å². The van der Waals surface area contributed by atoms with Gasteiger partial charge in [-0.3, -0.25) is 0 Å². The van der Waals surface area contributed by atoms with Crippen LogP contribution >= 0.6 is 23.2 Å². The third kappa shape index (κ3) is 2.48. The van der Waals surface area contributed by atoms with Crippen LogP contribution in [0.25, 0.3) is 11.0 Å². The van der Waals surface area contributed by atoms with Gasteiger partial charge in [-0.25, -0.2) is 9.97 Å². The first-order valence-corrected chi connectivity index (χ1v) is 6.96. The molecule has 1 fully saturated rings. The molecule has 100 valence electrons. The minimum Gasteiger partial charge on any atom is -0.351 e. The highest BCUT2D eigenvalue weighted by atomic mass is 35.5. The summed E-state index contributed by atoms with van der Waals surface area (Å²) in [5.74, 6) is 0.754. The van der Waals surface area contributed by atoms with Crippen molar-refractivity contribution in [2.45, 2.75) is 0 Å². The molecular weight excluding hydrogens is 283 g/mol. The van der Waals surface area contributed by atoms with Crippen molar-refractivity contribution in [3.63, 3.8) is 0 Å². The van der Waals surface area contributed by atoms with E-state index in [1.807, 2.05) is 12.1 Å². The molecule has 1 saturated heterocycles. The smallest absolute Gasteiger partial charge is 0.172 e. The molecule has 0 atom stereocenters. The Labute approximate surface area is 121 Å². The first-order chi connectivity index (χ1) is 9.15. The van der Waals surface area contributed by atoms with E-state index in [9.17, 15) is 0 Å². The van der Waals surface area contributed by atoms with Crippen molar-refractivity contribution < 1.29 is 0 Å². The molecule has 2 aromatic rings. The third-order valence-corrected chi connectivity index (χ3v) is 3.95. The van der Waals surface area contributed by atoms with Crippen molar-refractivity contribution in [1.82, 2.24) is 14.9 Å². The zero-order valence-corrected chi connectivity index (χ0v) is 12.1. The number of nitrogens with zero attached hydrogens (tertiary/aromatic N) is 4. The Kier molecular flexibility index (Phi) is 3.48. The second kappa shape index (κ2) is 5.12. The molecule has 0 radical (unpaired) electrons. The van der Waals surface area contributed by atoms with E-state index in [2.05, 4.69) is 26.8 Å². The Morgan fingerprint density at radius 1 is 1.05 bits per heavy atom. The number of benzene rings is 1. The van der Waals surface area contributed by atoms with Gasteiger partial charge in [0.2, 0.25) is 0 Å². The molecule has 0 spiro atoms. The van der Waals surface area contributed by atoms with Crippen molar-refractivity contribution in [3.05, 3.63) is 28.4 Å². The van der Waals surface area contributed by atoms with Gasteiger partial charge in [-0.05, 0) is 19.2 Å². The molecule has 3 rings (SSSR count). The summed E-state index contributed by atoms with van der Waals surface area (Å²) in [6, 6.07) is 5.58. The summed E-state index contributed by atoms with van der Waals surface area (Å²) in [7, 11) is 2.12. The minimum atomic E-state index is 0.421. The maximum atomic E-state index is 6.26. The van der Waals surface area contributed by atoms with Gasteiger partial charge in [0.05, 0.1) is 10.5 Å². The zero-order chi connectivity index (χ0) is 13.4. The van der Waals surface area contributed by atoms with Crippen LogP contribution in [0, 0.1) is 0 Å². The van der Waals surface area contributed by atoms with Crippen molar-refractivity contribution in [2.75, 3.05) is 38.1 Å². The summed E-state index contributed by atoms with van der Waals surface area (Å²) >= 11 is 12.4. The number of anilines is 1. The number of hydrogen-bond donors (Lipinski definition) is 0. The quantitative estimate of drug-likeness (QED) is 0.810. The number of halogens is 2. The number of likely N-dealkylation sites (N-methyl/N-ethyl adjacent to an activating group) is 1. The number of para-hydroxylation sites is 1. The van der Waals surface area contributed by atoms with Gasteiger partial charge in [-0.1, -0.05) is 29.3 Å². The van der Waals surface area contributed by atoms with E-state index in [0.717, 1.165) is 37.5 Å². The van der Waals surface area contributed by atoms with Crippen LogP contribution in [0.15, 0.2) is 18.2 Å². The lowest BCUT2D eigenvalue weighted by Crippen LogP contribution is -2.45. The van der Waals surface area contributed by atoms with Crippen LogP contribution in [-0.2, 0) is 0 Å². The van der Waals surface area contributed by atoms with Crippen LogP contribution in [0.5, 0.6) is 0 Å². The number of fused-ring (bicyclic) bond motifs is 1. The molecule has 0 N–H and O–H groups in total. The fraction of sp³-hybridized carbons (Fsp3) is 0.385. The Hall–Kier alpha value is -1.10. The van der Waals surface area contributed by atoms with Crippen LogP contribution < -0.4 is 4.90 Å². The van der Waals surface area contributed by atoms with Crippen molar-refractivity contribution >= 4 is 40.1 Å². The summed E-state index contributed by atoms with van der Waals surface area (Å²) < 4.78 is 0. The first kappa shape index (κ1) is 12.9. The molecule has 1 aliphatic rings. The van der Waals surface area contributed by atoms with Gasteiger partial charge in [-0.2, -0.15) is 0 Å². The van der Waals surface area contributed by atoms with E-state index in [1.165, 1.54) is 0 Å². The fourth-order valence-corrected chi connectivity index (χ4v) is 2.69. The maximum Gasteiger partial charge on any atom is 0.172 e. The van der Waals surface area contributed by atoms with Gasteiger partial charge < -0.3 is 9.80 Å². The molecular formula is C13H14Cl2N4. The summed E-state index contributed by atoms with van der Waals surface area (Å²) in [5.41, 5.74) is 1.44. The standard InChI is InChI=1S/C13H14Cl2N4/c1-18-5-7-19(8-6-18)13-12(15)17-11-9(14)3-2-4-10(11)16-13/h2-4H,5-8H2,1H3. The first-order valence-electron chi connectivity index (χ1n) is 6.20. The Morgan fingerprint density at radius 2 is 1.79 bits per heavy atom. The lowest BCUT2D eigenvalue weighted by Gasteiger charge is -2.33. The average Bonchev–Trinajstić information content (AvgIpc) is 2.40. The molecule has 1 aromatic heterocycles. The lowest BCUT2D eigenvalue weighted by molar-refractivity contribution is 0.312. The molecule has 1 aromatic carbocycles. The molecule has 19 heavy (non-hydrogen) atoms. The van der Waals surface area contributed by atoms with Crippen LogP contribution in [0.3, 0.4) is 0 Å². The molecule has 2 heterocycles. The van der Waals surface area contributed by atoms with Gasteiger partial charge >= 0.3 is 0 Å². The molecule has 0 unspecified atom stereocenters. The molecule has 0 amide bonds. The molecule has 0 bridgehead atoms. The van der Waals surface area contributed by atoms with Crippen molar-refractivity contribution in [3.8, 4) is 0 Å². The molecule has 0 aliphatic carbocycles. The highest BCUT2D eigenvalue weighted by Gasteiger charge is 2.19. The summed E-state index contributed by atoms with van der Waals surface area (Å²) in [6.07, 6.45) is 0. The summed E-state index contributed by atoms with van der Waals surface area (Å²) in [5, 5.41) is 1.00. The average molecular weight is 297 g/mol. The Bertz CT molecular complexity index is 609. The number of piperazine rings is 1. The van der Waals surface area contributed by atoms with E-state index in [0.29, 0.717) is 15.7 Å². The van der Waals surface area contributed by atoms with Gasteiger partial charge in [0.1, 0.15) is 5.52 Å². The normalized spacial score (nSPS) is 17.1. The second-order valence-electron chi connectivity index (χ2n) is 4.74. The molecule has 0 saturated carbocycles. The lowest BCUT2D eigenvalue weighted by atomic mass is 10.3. The Morgan fingerprint density at radius 3 is 2.53 bits per heavy atom. The highest BCUT2D eigenvalue weighted by Crippen LogP contribution is 2.28. The summed E-state index contributed by atoms with van der Waals surface area (Å²) in [6.45, 7) is 3.84. The molecule has 4 nitrogen and oxygen atoms in total. The van der Waals surface area contributed by atoms with Crippen molar-refractivity contribution in [2.24, 2.45) is 0 Å². The van der Waals surface area contributed by atoms with E-state index in [-0.39, 0.29) is 0 Å². The van der Waals surface area contributed by atoms with Crippen LogP contribution in [0.4, 0.5) is 5.82 Å². The monoisotopic (exact) mass is 296 g/mol. The number of aromatic nitrogens is 2. The van der Waals surface area contributed by atoms with Crippen LogP contribution in [-0.4, -0.2) is 48.1 Å². The van der Waals surface area contributed by atoms with Crippen LogP contribution in [0.1, 0.15) is 0 Å². The van der Waals surface area contributed by atoms with E-state index < -0.39 is 0 Å². The predicted octanol–water partition coefficient (Wildman–Crippen LogP) is 2.69. The summed E-state index contributed by atoms with van der Waals surface area (Å²) in [4.78, 5) is 13.5. The zero-order valence-electron chi connectivity index (χ0n) is 10.6.